The number of hydrogen-bond donors (Lipinski definition) is 2. The summed E-state index contributed by atoms with van der Waals surface area (Å²) in [4.78, 5) is 10.9. The number of primary amides is 1. The average molecular weight is 195 g/mol. The van der Waals surface area contributed by atoms with Gasteiger partial charge in [-0.25, -0.2) is 0 Å². The summed E-state index contributed by atoms with van der Waals surface area (Å²) in [5.41, 5.74) is 8.28. The fourth-order valence-electron chi connectivity index (χ4n) is 1.29. The number of thiol groups is 1. The van der Waals surface area contributed by atoms with Gasteiger partial charge >= 0.3 is 0 Å². The standard InChI is InChI=1S/C10H13NOS/c1-6-3-4-8(7(2)5-6)9(13)10(11)12/h3-5,9,13H,1-2H3,(H2,11,12). The molecule has 0 spiro atoms. The number of aryl methyl sites for hydroxylation is 2. The smallest absolute Gasteiger partial charge is 0.234 e. The van der Waals surface area contributed by atoms with Gasteiger partial charge in [-0.05, 0) is 25.0 Å². The summed E-state index contributed by atoms with van der Waals surface area (Å²) in [6, 6.07) is 5.86. The van der Waals surface area contributed by atoms with E-state index in [1.807, 2.05) is 32.0 Å². The molecule has 70 valence electrons. The van der Waals surface area contributed by atoms with Crippen LogP contribution < -0.4 is 5.73 Å². The molecule has 1 atom stereocenters. The highest BCUT2D eigenvalue weighted by Gasteiger charge is 2.14. The first-order valence-corrected chi connectivity index (χ1v) is 4.58. The van der Waals surface area contributed by atoms with E-state index in [0.717, 1.165) is 11.1 Å². The summed E-state index contributed by atoms with van der Waals surface area (Å²) >= 11 is 4.14. The van der Waals surface area contributed by atoms with Crippen LogP contribution in [0.1, 0.15) is 21.9 Å². The van der Waals surface area contributed by atoms with Crippen LogP contribution >= 0.6 is 12.6 Å². The van der Waals surface area contributed by atoms with Gasteiger partial charge in [-0.2, -0.15) is 12.6 Å². The minimum absolute atomic E-state index is 0.407. The van der Waals surface area contributed by atoms with Crippen molar-refractivity contribution in [1.29, 1.82) is 0 Å². The Labute approximate surface area is 83.5 Å². The Balaban J connectivity index is 3.08. The number of benzene rings is 1. The molecule has 0 bridgehead atoms. The van der Waals surface area contributed by atoms with Crippen LogP contribution in [0.15, 0.2) is 18.2 Å². The zero-order chi connectivity index (χ0) is 10.0. The highest BCUT2D eigenvalue weighted by Crippen LogP contribution is 2.23. The van der Waals surface area contributed by atoms with E-state index < -0.39 is 11.2 Å². The molecule has 0 saturated carbocycles. The van der Waals surface area contributed by atoms with Crippen molar-refractivity contribution in [3.05, 3.63) is 34.9 Å². The normalized spacial score (nSPS) is 12.5. The summed E-state index contributed by atoms with van der Waals surface area (Å²) < 4.78 is 0. The topological polar surface area (TPSA) is 43.1 Å². The van der Waals surface area contributed by atoms with E-state index in [9.17, 15) is 4.79 Å². The van der Waals surface area contributed by atoms with Gasteiger partial charge in [0.2, 0.25) is 5.91 Å². The fraction of sp³-hybridized carbons (Fsp3) is 0.300. The SMILES string of the molecule is Cc1ccc(C(S)C(N)=O)c(C)c1. The second-order valence-corrected chi connectivity index (χ2v) is 3.68. The Morgan fingerprint density at radius 2 is 2.08 bits per heavy atom. The lowest BCUT2D eigenvalue weighted by molar-refractivity contribution is -0.117. The first kappa shape index (κ1) is 10.1. The third-order valence-corrected chi connectivity index (χ3v) is 2.52. The molecule has 0 saturated heterocycles. The third-order valence-electron chi connectivity index (χ3n) is 1.99. The monoisotopic (exact) mass is 195 g/mol. The van der Waals surface area contributed by atoms with Crippen molar-refractivity contribution in [2.24, 2.45) is 5.73 Å². The molecule has 1 unspecified atom stereocenters. The quantitative estimate of drug-likeness (QED) is 0.694. The van der Waals surface area contributed by atoms with Crippen LogP contribution in [0.5, 0.6) is 0 Å². The van der Waals surface area contributed by atoms with Gasteiger partial charge in [0.05, 0.1) is 0 Å². The van der Waals surface area contributed by atoms with Crippen molar-refractivity contribution < 1.29 is 4.79 Å². The van der Waals surface area contributed by atoms with Gasteiger partial charge in [0, 0.05) is 0 Å². The molecule has 13 heavy (non-hydrogen) atoms. The van der Waals surface area contributed by atoms with Crippen molar-refractivity contribution in [2.45, 2.75) is 19.1 Å². The molecule has 2 nitrogen and oxygen atoms in total. The van der Waals surface area contributed by atoms with E-state index in [2.05, 4.69) is 12.6 Å². The molecule has 2 N–H and O–H groups in total. The van der Waals surface area contributed by atoms with Gasteiger partial charge in [0.25, 0.3) is 0 Å². The van der Waals surface area contributed by atoms with Crippen molar-refractivity contribution in [2.75, 3.05) is 0 Å². The number of nitrogens with two attached hydrogens (primary N) is 1. The van der Waals surface area contributed by atoms with Gasteiger partial charge in [-0.15, -0.1) is 0 Å². The number of carbonyl (C=O) groups is 1. The predicted octanol–water partition coefficient (Wildman–Crippen LogP) is 1.76. The first-order valence-electron chi connectivity index (χ1n) is 4.07. The summed E-state index contributed by atoms with van der Waals surface area (Å²) in [7, 11) is 0. The molecule has 1 rings (SSSR count). The lowest BCUT2D eigenvalue weighted by atomic mass is 10.0. The number of carbonyl (C=O) groups excluding carboxylic acids is 1. The molecule has 0 heterocycles. The van der Waals surface area contributed by atoms with Crippen LogP contribution in [0.25, 0.3) is 0 Å². The van der Waals surface area contributed by atoms with E-state index in [0.29, 0.717) is 0 Å². The zero-order valence-corrected chi connectivity index (χ0v) is 8.64. The van der Waals surface area contributed by atoms with Gasteiger partial charge in [-0.3, -0.25) is 4.79 Å². The highest BCUT2D eigenvalue weighted by atomic mass is 32.1. The molecular weight excluding hydrogens is 182 g/mol. The Kier molecular flexibility index (Phi) is 2.98. The molecule has 0 aliphatic carbocycles. The van der Waals surface area contributed by atoms with E-state index in [1.165, 1.54) is 5.56 Å². The Hall–Kier alpha value is -0.960. The van der Waals surface area contributed by atoms with Crippen molar-refractivity contribution in [3.63, 3.8) is 0 Å². The minimum atomic E-state index is -0.499. The fourth-order valence-corrected chi connectivity index (χ4v) is 1.58. The summed E-state index contributed by atoms with van der Waals surface area (Å²) in [5, 5.41) is -0.499. The molecule has 0 radical (unpaired) electrons. The lowest BCUT2D eigenvalue weighted by Gasteiger charge is -2.10. The van der Waals surface area contributed by atoms with E-state index in [1.54, 1.807) is 0 Å². The number of amides is 1. The molecule has 0 aromatic heterocycles. The number of rotatable bonds is 2. The van der Waals surface area contributed by atoms with Crippen molar-refractivity contribution in [1.82, 2.24) is 0 Å². The number of hydrogen-bond acceptors (Lipinski definition) is 2. The maximum Gasteiger partial charge on any atom is 0.234 e. The average Bonchev–Trinajstić information content (AvgIpc) is 2.03. The summed E-state index contributed by atoms with van der Waals surface area (Å²) in [6.45, 7) is 3.96. The molecule has 0 fully saturated rings. The van der Waals surface area contributed by atoms with Gasteiger partial charge in [-0.1, -0.05) is 23.8 Å². The second kappa shape index (κ2) is 3.83. The lowest BCUT2D eigenvalue weighted by Crippen LogP contribution is -2.17. The van der Waals surface area contributed by atoms with Crippen LogP contribution in [-0.4, -0.2) is 5.91 Å². The highest BCUT2D eigenvalue weighted by molar-refractivity contribution is 7.81. The Morgan fingerprint density at radius 1 is 1.46 bits per heavy atom. The molecule has 0 aliphatic heterocycles. The van der Waals surface area contributed by atoms with Crippen LogP contribution in [0.4, 0.5) is 0 Å². The third kappa shape index (κ3) is 2.25. The zero-order valence-electron chi connectivity index (χ0n) is 7.74. The van der Waals surface area contributed by atoms with Crippen LogP contribution in [0.2, 0.25) is 0 Å². The largest absolute Gasteiger partial charge is 0.368 e. The van der Waals surface area contributed by atoms with E-state index in [4.69, 9.17) is 5.73 Å². The van der Waals surface area contributed by atoms with Crippen LogP contribution in [-0.2, 0) is 4.79 Å². The first-order chi connectivity index (χ1) is 6.02. The van der Waals surface area contributed by atoms with Crippen molar-refractivity contribution in [3.8, 4) is 0 Å². The van der Waals surface area contributed by atoms with Crippen LogP contribution in [0.3, 0.4) is 0 Å². The molecule has 1 aromatic carbocycles. The van der Waals surface area contributed by atoms with Gasteiger partial charge in [0.15, 0.2) is 0 Å². The van der Waals surface area contributed by atoms with Gasteiger partial charge in [0.1, 0.15) is 5.25 Å². The molecule has 3 heteroatoms. The minimum Gasteiger partial charge on any atom is -0.368 e. The van der Waals surface area contributed by atoms with Crippen LogP contribution in [0, 0.1) is 13.8 Å². The Bertz CT molecular complexity index is 336. The van der Waals surface area contributed by atoms with Gasteiger partial charge < -0.3 is 5.73 Å². The van der Waals surface area contributed by atoms with Crippen molar-refractivity contribution >= 4 is 18.5 Å². The molecule has 0 aliphatic rings. The predicted molar refractivity (Wildman–Crippen MR) is 56.8 cm³/mol. The Morgan fingerprint density at radius 3 is 2.54 bits per heavy atom. The van der Waals surface area contributed by atoms with E-state index >= 15 is 0 Å². The second-order valence-electron chi connectivity index (χ2n) is 3.16. The summed E-state index contributed by atoms with van der Waals surface area (Å²) in [6.07, 6.45) is 0. The maximum atomic E-state index is 10.9. The molecule has 1 aromatic rings. The molecule has 1 amide bonds. The summed E-state index contributed by atoms with van der Waals surface area (Å²) in [5.74, 6) is -0.407. The van der Waals surface area contributed by atoms with E-state index in [-0.39, 0.29) is 0 Å². The maximum absolute atomic E-state index is 10.9. The molecular formula is C10H13NOS.